The van der Waals surface area contributed by atoms with Crippen molar-refractivity contribution in [1.29, 1.82) is 0 Å². The predicted molar refractivity (Wildman–Crippen MR) is 156 cm³/mol. The van der Waals surface area contributed by atoms with Gasteiger partial charge in [0.25, 0.3) is 17.7 Å². The Morgan fingerprint density at radius 3 is 2.42 bits per heavy atom. The van der Waals surface area contributed by atoms with Gasteiger partial charge < -0.3 is 14.8 Å². The lowest BCUT2D eigenvalue weighted by Crippen LogP contribution is -2.54. The van der Waals surface area contributed by atoms with Crippen LogP contribution in [-0.2, 0) is 14.4 Å². The Balaban J connectivity index is 1.56. The number of carbonyl (C=O) groups excluding carboxylic acids is 4. The van der Waals surface area contributed by atoms with E-state index >= 15 is 0 Å². The molecule has 1 fully saturated rings. The molecule has 0 atom stereocenters. The third-order valence-electron chi connectivity index (χ3n) is 6.22. The maximum atomic E-state index is 13.2. The highest BCUT2D eigenvalue weighted by molar-refractivity contribution is 9.10. The Labute approximate surface area is 244 Å². The van der Waals surface area contributed by atoms with E-state index in [0.717, 1.165) is 21.6 Å². The van der Waals surface area contributed by atoms with E-state index in [1.807, 2.05) is 32.0 Å². The SMILES string of the molecule is COc1cc(/C=C2\C(=O)NC(=O)N(c3ccc(C)c(Cl)c3)C2=O)cc(Br)c1OCC(=O)Nc1ccc(C)c(C)c1. The zero-order valence-electron chi connectivity index (χ0n) is 22.1. The predicted octanol–water partition coefficient (Wildman–Crippen LogP) is 5.72. The molecule has 3 aromatic carbocycles. The minimum Gasteiger partial charge on any atom is -0.493 e. The number of halogens is 2. The fraction of sp³-hybridized carbons (Fsp3) is 0.172. The van der Waals surface area contributed by atoms with E-state index in [-0.39, 0.29) is 35.3 Å². The first-order valence-corrected chi connectivity index (χ1v) is 13.2. The van der Waals surface area contributed by atoms with Crippen LogP contribution in [0.1, 0.15) is 22.3 Å². The zero-order valence-corrected chi connectivity index (χ0v) is 24.4. The quantitative estimate of drug-likeness (QED) is 0.256. The first kappa shape index (κ1) is 28.8. The van der Waals surface area contributed by atoms with Crippen molar-refractivity contribution in [2.75, 3.05) is 23.9 Å². The molecular formula is C29H25BrClN3O6. The van der Waals surface area contributed by atoms with Crippen molar-refractivity contribution < 1.29 is 28.7 Å². The van der Waals surface area contributed by atoms with Gasteiger partial charge in [-0.1, -0.05) is 23.7 Å². The van der Waals surface area contributed by atoms with Gasteiger partial charge in [-0.05, 0) is 101 Å². The Kier molecular flexibility index (Phi) is 8.61. The highest BCUT2D eigenvalue weighted by Crippen LogP contribution is 2.37. The number of rotatable bonds is 7. The van der Waals surface area contributed by atoms with Gasteiger partial charge in [-0.2, -0.15) is 0 Å². The second kappa shape index (κ2) is 11.9. The number of barbiturate groups is 1. The molecule has 0 aliphatic carbocycles. The number of ether oxygens (including phenoxy) is 2. The average Bonchev–Trinajstić information content (AvgIpc) is 2.89. The molecule has 2 N–H and O–H groups in total. The number of imide groups is 2. The topological polar surface area (TPSA) is 114 Å². The number of aryl methyl sites for hydroxylation is 3. The van der Waals surface area contributed by atoms with Crippen LogP contribution in [0.5, 0.6) is 11.5 Å². The van der Waals surface area contributed by atoms with Crippen molar-refractivity contribution >= 4 is 68.7 Å². The van der Waals surface area contributed by atoms with Crippen LogP contribution in [0.15, 0.2) is 58.6 Å². The number of benzene rings is 3. The van der Waals surface area contributed by atoms with Gasteiger partial charge in [0.15, 0.2) is 18.1 Å². The summed E-state index contributed by atoms with van der Waals surface area (Å²) in [4.78, 5) is 51.7. The molecular weight excluding hydrogens is 602 g/mol. The van der Waals surface area contributed by atoms with Crippen molar-refractivity contribution in [2.45, 2.75) is 20.8 Å². The van der Waals surface area contributed by atoms with Crippen LogP contribution in [0.2, 0.25) is 5.02 Å². The summed E-state index contributed by atoms with van der Waals surface area (Å²) in [5.41, 5.74) is 3.94. The number of methoxy groups -OCH3 is 1. The average molecular weight is 627 g/mol. The van der Waals surface area contributed by atoms with Gasteiger partial charge in [-0.3, -0.25) is 19.7 Å². The molecule has 4 rings (SSSR count). The number of nitrogens with zero attached hydrogens (tertiary/aromatic N) is 1. The summed E-state index contributed by atoms with van der Waals surface area (Å²) in [6.07, 6.45) is 1.33. The fourth-order valence-electron chi connectivity index (χ4n) is 3.90. The largest absolute Gasteiger partial charge is 0.493 e. The van der Waals surface area contributed by atoms with Crippen molar-refractivity contribution in [1.82, 2.24) is 5.32 Å². The first-order valence-electron chi connectivity index (χ1n) is 12.0. The van der Waals surface area contributed by atoms with Gasteiger partial charge in [0, 0.05) is 10.7 Å². The maximum Gasteiger partial charge on any atom is 0.335 e. The molecule has 1 aliphatic rings. The van der Waals surface area contributed by atoms with Gasteiger partial charge >= 0.3 is 6.03 Å². The van der Waals surface area contributed by atoms with Gasteiger partial charge in [-0.25, -0.2) is 9.69 Å². The molecule has 0 saturated carbocycles. The van der Waals surface area contributed by atoms with Crippen LogP contribution >= 0.6 is 27.5 Å². The molecule has 0 unspecified atom stereocenters. The van der Waals surface area contributed by atoms with Crippen LogP contribution in [0.4, 0.5) is 16.2 Å². The number of hydrogen-bond donors (Lipinski definition) is 2. The van der Waals surface area contributed by atoms with Crippen molar-refractivity contribution in [3.05, 3.63) is 85.9 Å². The molecule has 1 heterocycles. The minimum absolute atomic E-state index is 0.220. The van der Waals surface area contributed by atoms with Gasteiger partial charge in [0.2, 0.25) is 0 Å². The third kappa shape index (κ3) is 6.19. The summed E-state index contributed by atoms with van der Waals surface area (Å²) in [6.45, 7) is 5.44. The van der Waals surface area contributed by atoms with E-state index in [1.54, 1.807) is 31.2 Å². The number of hydrogen-bond acceptors (Lipinski definition) is 6. The molecule has 11 heteroatoms. The van der Waals surface area contributed by atoms with E-state index in [0.29, 0.717) is 20.7 Å². The Morgan fingerprint density at radius 1 is 1.02 bits per heavy atom. The Bertz CT molecular complexity index is 1590. The van der Waals surface area contributed by atoms with Gasteiger partial charge in [0.05, 0.1) is 17.3 Å². The molecule has 9 nitrogen and oxygen atoms in total. The number of anilines is 2. The molecule has 0 spiro atoms. The smallest absolute Gasteiger partial charge is 0.335 e. The maximum absolute atomic E-state index is 13.2. The molecule has 0 bridgehead atoms. The minimum atomic E-state index is -0.881. The van der Waals surface area contributed by atoms with E-state index in [4.69, 9.17) is 21.1 Å². The molecule has 1 saturated heterocycles. The lowest BCUT2D eigenvalue weighted by molar-refractivity contribution is -0.122. The number of carbonyl (C=O) groups is 4. The van der Waals surface area contributed by atoms with Crippen LogP contribution in [0, 0.1) is 20.8 Å². The van der Waals surface area contributed by atoms with Crippen LogP contribution in [0.3, 0.4) is 0 Å². The van der Waals surface area contributed by atoms with E-state index in [2.05, 4.69) is 26.6 Å². The molecule has 1 aliphatic heterocycles. The lowest BCUT2D eigenvalue weighted by Gasteiger charge is -2.26. The number of amides is 5. The summed E-state index contributed by atoms with van der Waals surface area (Å²) in [7, 11) is 1.42. The molecule has 0 radical (unpaired) electrons. The van der Waals surface area contributed by atoms with Crippen LogP contribution in [0.25, 0.3) is 6.08 Å². The molecule has 5 amide bonds. The summed E-state index contributed by atoms with van der Waals surface area (Å²) in [6, 6.07) is 12.6. The first-order chi connectivity index (χ1) is 19.0. The van der Waals surface area contributed by atoms with Crippen LogP contribution in [-0.4, -0.2) is 37.5 Å². The van der Waals surface area contributed by atoms with E-state index < -0.39 is 17.8 Å². The summed E-state index contributed by atoms with van der Waals surface area (Å²) >= 11 is 9.59. The number of nitrogens with one attached hydrogen (secondary N) is 2. The summed E-state index contributed by atoms with van der Waals surface area (Å²) < 4.78 is 11.6. The third-order valence-corrected chi connectivity index (χ3v) is 7.21. The van der Waals surface area contributed by atoms with E-state index in [9.17, 15) is 19.2 Å². The van der Waals surface area contributed by atoms with Crippen molar-refractivity contribution in [3.63, 3.8) is 0 Å². The normalized spacial score (nSPS) is 14.3. The second-order valence-corrected chi connectivity index (χ2v) is 10.3. The van der Waals surface area contributed by atoms with Crippen LogP contribution < -0.4 is 25.0 Å². The fourth-order valence-corrected chi connectivity index (χ4v) is 4.65. The molecule has 3 aromatic rings. The van der Waals surface area contributed by atoms with Crippen molar-refractivity contribution in [2.24, 2.45) is 0 Å². The zero-order chi connectivity index (χ0) is 29.1. The summed E-state index contributed by atoms with van der Waals surface area (Å²) in [5, 5.41) is 5.34. The molecule has 40 heavy (non-hydrogen) atoms. The highest BCUT2D eigenvalue weighted by Gasteiger charge is 2.37. The van der Waals surface area contributed by atoms with Gasteiger partial charge in [0.1, 0.15) is 5.57 Å². The Morgan fingerprint density at radius 2 is 1.75 bits per heavy atom. The summed E-state index contributed by atoms with van der Waals surface area (Å²) in [5.74, 6) is -1.52. The molecule has 0 aromatic heterocycles. The monoisotopic (exact) mass is 625 g/mol. The lowest BCUT2D eigenvalue weighted by atomic mass is 10.1. The second-order valence-electron chi connectivity index (χ2n) is 9.06. The van der Waals surface area contributed by atoms with Crippen molar-refractivity contribution in [3.8, 4) is 11.5 Å². The Hall–Kier alpha value is -4.15. The van der Waals surface area contributed by atoms with Gasteiger partial charge in [-0.15, -0.1) is 0 Å². The molecule has 206 valence electrons. The van der Waals surface area contributed by atoms with E-state index in [1.165, 1.54) is 19.3 Å². The standard InChI is InChI=1S/C29H25BrClN3O6/c1-15-5-7-19(9-17(15)3)32-25(35)14-40-26-22(30)11-18(12-24(26)39-4)10-21-27(36)33-29(38)34(28(21)37)20-8-6-16(2)23(31)13-20/h5-13H,14H2,1-4H3,(H,32,35)(H,33,36,38)/b21-10+. The highest BCUT2D eigenvalue weighted by atomic mass is 79.9. The number of urea groups is 1.